The molecule has 0 spiro atoms. The lowest BCUT2D eigenvalue weighted by Crippen LogP contribution is -2.34. The lowest BCUT2D eigenvalue weighted by Gasteiger charge is -2.21. The third-order valence-corrected chi connectivity index (χ3v) is 3.06. The van der Waals surface area contributed by atoms with Gasteiger partial charge in [-0.3, -0.25) is 0 Å². The van der Waals surface area contributed by atoms with E-state index >= 15 is 0 Å². The summed E-state index contributed by atoms with van der Waals surface area (Å²) in [7, 11) is 3.81. The van der Waals surface area contributed by atoms with Crippen molar-refractivity contribution in [2.24, 2.45) is 5.73 Å². The van der Waals surface area contributed by atoms with Crippen LogP contribution in [0.1, 0.15) is 31.7 Å². The Labute approximate surface area is 111 Å². The Hall–Kier alpha value is -1.06. The van der Waals surface area contributed by atoms with Crippen LogP contribution >= 0.6 is 0 Å². The number of hydrogen-bond acceptors (Lipinski definition) is 3. The summed E-state index contributed by atoms with van der Waals surface area (Å²) >= 11 is 0. The minimum Gasteiger partial charge on any atom is -0.497 e. The molecule has 0 heterocycles. The zero-order valence-electron chi connectivity index (χ0n) is 11.9. The molecule has 0 amide bonds. The van der Waals surface area contributed by atoms with Gasteiger partial charge in [-0.05, 0) is 31.2 Å². The summed E-state index contributed by atoms with van der Waals surface area (Å²) in [5, 5.41) is 0. The molecule has 0 saturated carbocycles. The highest BCUT2D eigenvalue weighted by atomic mass is 16.5. The number of ether oxygens (including phenoxy) is 1. The third kappa shape index (κ3) is 5.52. The number of benzene rings is 1. The molecule has 18 heavy (non-hydrogen) atoms. The molecule has 0 aliphatic heterocycles. The van der Waals surface area contributed by atoms with Crippen LogP contribution in [0.3, 0.4) is 0 Å². The Kier molecular flexibility index (Phi) is 6.76. The van der Waals surface area contributed by atoms with E-state index in [0.29, 0.717) is 0 Å². The number of nitrogens with zero attached hydrogens (tertiary/aromatic N) is 1. The first kappa shape index (κ1) is 15.0. The smallest absolute Gasteiger partial charge is 0.119 e. The SMILES string of the molecule is CCCCC(N)CN(C)Cc1cccc(OC)c1. The quantitative estimate of drug-likeness (QED) is 0.771. The minimum absolute atomic E-state index is 0.278. The molecular formula is C15H26N2O. The minimum atomic E-state index is 0.278. The molecule has 1 aromatic carbocycles. The van der Waals surface area contributed by atoms with Crippen LogP contribution in [0.25, 0.3) is 0 Å². The number of rotatable bonds is 8. The topological polar surface area (TPSA) is 38.5 Å². The highest BCUT2D eigenvalue weighted by Gasteiger charge is 2.07. The largest absolute Gasteiger partial charge is 0.497 e. The van der Waals surface area contributed by atoms with Crippen LogP contribution in [0.2, 0.25) is 0 Å². The molecule has 0 aliphatic carbocycles. The van der Waals surface area contributed by atoms with Gasteiger partial charge >= 0.3 is 0 Å². The molecule has 2 N–H and O–H groups in total. The van der Waals surface area contributed by atoms with Crippen molar-refractivity contribution in [1.29, 1.82) is 0 Å². The summed E-state index contributed by atoms with van der Waals surface area (Å²) < 4.78 is 5.23. The van der Waals surface area contributed by atoms with Gasteiger partial charge < -0.3 is 15.4 Å². The monoisotopic (exact) mass is 250 g/mol. The fourth-order valence-corrected chi connectivity index (χ4v) is 2.10. The van der Waals surface area contributed by atoms with Gasteiger partial charge in [-0.25, -0.2) is 0 Å². The molecule has 1 atom stereocenters. The first-order valence-electron chi connectivity index (χ1n) is 6.72. The Morgan fingerprint density at radius 3 is 2.83 bits per heavy atom. The van der Waals surface area contributed by atoms with Gasteiger partial charge in [-0.2, -0.15) is 0 Å². The summed E-state index contributed by atoms with van der Waals surface area (Å²) in [6.45, 7) is 4.06. The van der Waals surface area contributed by atoms with Gasteiger partial charge in [0.25, 0.3) is 0 Å². The average molecular weight is 250 g/mol. The maximum Gasteiger partial charge on any atom is 0.119 e. The summed E-state index contributed by atoms with van der Waals surface area (Å²) in [5.74, 6) is 0.913. The van der Waals surface area contributed by atoms with Gasteiger partial charge in [0.15, 0.2) is 0 Å². The van der Waals surface area contributed by atoms with Crippen molar-refractivity contribution in [2.45, 2.75) is 38.8 Å². The zero-order chi connectivity index (χ0) is 13.4. The van der Waals surface area contributed by atoms with Crippen molar-refractivity contribution in [1.82, 2.24) is 4.90 Å². The van der Waals surface area contributed by atoms with E-state index in [-0.39, 0.29) is 6.04 Å². The normalized spacial score (nSPS) is 12.7. The van der Waals surface area contributed by atoms with E-state index in [1.165, 1.54) is 18.4 Å². The standard InChI is InChI=1S/C15H26N2O/c1-4-5-8-14(16)12-17(2)11-13-7-6-9-15(10-13)18-3/h6-7,9-10,14H,4-5,8,11-12,16H2,1-3H3. The molecule has 0 aliphatic rings. The van der Waals surface area contributed by atoms with E-state index in [0.717, 1.165) is 25.3 Å². The maximum absolute atomic E-state index is 6.10. The van der Waals surface area contributed by atoms with Crippen LogP contribution in [0.4, 0.5) is 0 Å². The van der Waals surface area contributed by atoms with Crippen LogP contribution in [-0.4, -0.2) is 31.6 Å². The molecule has 1 unspecified atom stereocenters. The van der Waals surface area contributed by atoms with Gasteiger partial charge in [-0.1, -0.05) is 31.9 Å². The van der Waals surface area contributed by atoms with Crippen LogP contribution in [-0.2, 0) is 6.54 Å². The predicted octanol–water partition coefficient (Wildman–Crippen LogP) is 2.64. The van der Waals surface area contributed by atoms with Crippen molar-refractivity contribution in [3.63, 3.8) is 0 Å². The fourth-order valence-electron chi connectivity index (χ4n) is 2.10. The highest BCUT2D eigenvalue weighted by Crippen LogP contribution is 2.14. The van der Waals surface area contributed by atoms with E-state index in [1.807, 2.05) is 12.1 Å². The molecule has 3 nitrogen and oxygen atoms in total. The summed E-state index contributed by atoms with van der Waals surface area (Å²) in [6.07, 6.45) is 3.54. The molecular weight excluding hydrogens is 224 g/mol. The highest BCUT2D eigenvalue weighted by molar-refractivity contribution is 5.28. The molecule has 0 aromatic heterocycles. The van der Waals surface area contributed by atoms with Gasteiger partial charge in [-0.15, -0.1) is 0 Å². The zero-order valence-corrected chi connectivity index (χ0v) is 11.9. The predicted molar refractivity (Wildman–Crippen MR) is 76.8 cm³/mol. The summed E-state index contributed by atoms with van der Waals surface area (Å²) in [5.41, 5.74) is 7.37. The van der Waals surface area contributed by atoms with E-state index in [4.69, 9.17) is 10.5 Å². The van der Waals surface area contributed by atoms with Crippen LogP contribution in [0.15, 0.2) is 24.3 Å². The fraction of sp³-hybridized carbons (Fsp3) is 0.600. The number of likely N-dealkylation sites (N-methyl/N-ethyl adjacent to an activating group) is 1. The Bertz CT molecular complexity index is 341. The van der Waals surface area contributed by atoms with Crippen molar-refractivity contribution in [3.8, 4) is 5.75 Å². The van der Waals surface area contributed by atoms with Crippen LogP contribution in [0.5, 0.6) is 5.75 Å². The van der Waals surface area contributed by atoms with E-state index in [9.17, 15) is 0 Å². The molecule has 0 radical (unpaired) electrons. The van der Waals surface area contributed by atoms with E-state index in [1.54, 1.807) is 7.11 Å². The third-order valence-electron chi connectivity index (χ3n) is 3.06. The molecule has 102 valence electrons. The molecule has 1 aromatic rings. The molecule has 0 saturated heterocycles. The molecule has 1 rings (SSSR count). The van der Waals surface area contributed by atoms with Crippen LogP contribution in [0, 0.1) is 0 Å². The van der Waals surface area contributed by atoms with E-state index < -0.39 is 0 Å². The van der Waals surface area contributed by atoms with Gasteiger partial charge in [0, 0.05) is 19.1 Å². The van der Waals surface area contributed by atoms with Crippen molar-refractivity contribution < 1.29 is 4.74 Å². The van der Waals surface area contributed by atoms with Crippen molar-refractivity contribution >= 4 is 0 Å². The number of methoxy groups -OCH3 is 1. The number of hydrogen-bond donors (Lipinski definition) is 1. The number of unbranched alkanes of at least 4 members (excludes halogenated alkanes) is 1. The summed E-state index contributed by atoms with van der Waals surface area (Å²) in [6, 6.07) is 8.47. The molecule has 0 bridgehead atoms. The first-order chi connectivity index (χ1) is 8.65. The maximum atomic E-state index is 6.10. The van der Waals surface area contributed by atoms with Gasteiger partial charge in [0.05, 0.1) is 7.11 Å². The van der Waals surface area contributed by atoms with Crippen LogP contribution < -0.4 is 10.5 Å². The van der Waals surface area contributed by atoms with Crippen molar-refractivity contribution in [2.75, 3.05) is 20.7 Å². The second-order valence-corrected chi connectivity index (χ2v) is 4.95. The first-order valence-corrected chi connectivity index (χ1v) is 6.72. The lowest BCUT2D eigenvalue weighted by molar-refractivity contribution is 0.295. The Morgan fingerprint density at radius 1 is 1.39 bits per heavy atom. The lowest BCUT2D eigenvalue weighted by atomic mass is 10.1. The second-order valence-electron chi connectivity index (χ2n) is 4.95. The average Bonchev–Trinajstić information content (AvgIpc) is 2.36. The molecule has 0 fully saturated rings. The Morgan fingerprint density at radius 2 is 2.17 bits per heavy atom. The van der Waals surface area contributed by atoms with Gasteiger partial charge in [0.2, 0.25) is 0 Å². The Balaban J connectivity index is 2.40. The molecule has 3 heteroatoms. The van der Waals surface area contributed by atoms with Gasteiger partial charge in [0.1, 0.15) is 5.75 Å². The second kappa shape index (κ2) is 8.11. The van der Waals surface area contributed by atoms with Crippen molar-refractivity contribution in [3.05, 3.63) is 29.8 Å². The summed E-state index contributed by atoms with van der Waals surface area (Å²) in [4.78, 5) is 2.27. The van der Waals surface area contributed by atoms with E-state index in [2.05, 4.69) is 31.0 Å². The number of nitrogens with two attached hydrogens (primary N) is 1.